The normalized spacial score (nSPS) is 16.4. The van der Waals surface area contributed by atoms with E-state index in [0.29, 0.717) is 16.8 Å². The van der Waals surface area contributed by atoms with Crippen LogP contribution in [0.5, 0.6) is 0 Å². The van der Waals surface area contributed by atoms with E-state index in [9.17, 15) is 14.4 Å². The van der Waals surface area contributed by atoms with Gasteiger partial charge in [0.2, 0.25) is 5.91 Å². The molecule has 0 fully saturated rings. The lowest BCUT2D eigenvalue weighted by molar-refractivity contribution is -0.125. The van der Waals surface area contributed by atoms with Gasteiger partial charge in [-0.25, -0.2) is 4.79 Å². The summed E-state index contributed by atoms with van der Waals surface area (Å²) in [5, 5.41) is 7.32. The molecular formula is C13H15N3O3. The van der Waals surface area contributed by atoms with E-state index in [4.69, 9.17) is 0 Å². The molecule has 3 N–H and O–H groups in total. The first-order chi connectivity index (χ1) is 8.86. The lowest BCUT2D eigenvalue weighted by atomic mass is 9.78. The van der Waals surface area contributed by atoms with Crippen molar-refractivity contribution in [2.45, 2.75) is 19.3 Å². The van der Waals surface area contributed by atoms with Gasteiger partial charge in [0.05, 0.1) is 5.41 Å². The summed E-state index contributed by atoms with van der Waals surface area (Å²) in [6, 6.07) is 4.55. The third-order valence-electron chi connectivity index (χ3n) is 3.22. The zero-order valence-corrected chi connectivity index (χ0v) is 11.0. The number of hydrogen-bond acceptors (Lipinski definition) is 3. The molecule has 1 aromatic carbocycles. The number of amides is 4. The van der Waals surface area contributed by atoms with Gasteiger partial charge in [-0.2, -0.15) is 0 Å². The minimum Gasteiger partial charge on any atom is -0.341 e. The van der Waals surface area contributed by atoms with Crippen molar-refractivity contribution in [2.75, 3.05) is 12.4 Å². The van der Waals surface area contributed by atoms with E-state index in [1.54, 1.807) is 32.0 Å². The van der Waals surface area contributed by atoms with Gasteiger partial charge in [-0.15, -0.1) is 0 Å². The Labute approximate surface area is 110 Å². The number of hydrogen-bond donors (Lipinski definition) is 3. The number of nitrogens with one attached hydrogen (secondary N) is 3. The number of benzene rings is 1. The molecule has 2 rings (SSSR count). The number of imide groups is 1. The second-order valence-corrected chi connectivity index (χ2v) is 4.87. The molecule has 1 aromatic rings. The third-order valence-corrected chi connectivity index (χ3v) is 3.22. The Balaban J connectivity index is 2.45. The molecule has 0 saturated heterocycles. The van der Waals surface area contributed by atoms with Crippen LogP contribution in [-0.2, 0) is 10.2 Å². The number of anilines is 1. The maximum absolute atomic E-state index is 11.8. The Hall–Kier alpha value is -2.37. The van der Waals surface area contributed by atoms with Gasteiger partial charge >= 0.3 is 6.03 Å². The van der Waals surface area contributed by atoms with Gasteiger partial charge < -0.3 is 10.6 Å². The van der Waals surface area contributed by atoms with Gasteiger partial charge in [0.1, 0.15) is 0 Å². The van der Waals surface area contributed by atoms with Crippen LogP contribution in [0, 0.1) is 0 Å². The maximum Gasteiger partial charge on any atom is 0.318 e. The molecule has 1 aliphatic heterocycles. The zero-order valence-electron chi connectivity index (χ0n) is 11.0. The Kier molecular flexibility index (Phi) is 3.01. The molecule has 0 atom stereocenters. The number of carbonyl (C=O) groups excluding carboxylic acids is 3. The minimum absolute atomic E-state index is 0.322. The van der Waals surface area contributed by atoms with E-state index >= 15 is 0 Å². The number of fused-ring (bicyclic) bond motifs is 1. The molecule has 19 heavy (non-hydrogen) atoms. The topological polar surface area (TPSA) is 87.3 Å². The van der Waals surface area contributed by atoms with Crippen LogP contribution >= 0.6 is 0 Å². The molecular weight excluding hydrogens is 246 g/mol. The second kappa shape index (κ2) is 4.38. The largest absolute Gasteiger partial charge is 0.341 e. The Morgan fingerprint density at radius 2 is 1.95 bits per heavy atom. The van der Waals surface area contributed by atoms with Crippen LogP contribution < -0.4 is 16.0 Å². The highest BCUT2D eigenvalue weighted by Crippen LogP contribution is 2.32. The van der Waals surface area contributed by atoms with E-state index in [-0.39, 0.29) is 11.9 Å². The van der Waals surface area contributed by atoms with E-state index in [1.165, 1.54) is 7.05 Å². The molecule has 6 heteroatoms. The predicted molar refractivity (Wildman–Crippen MR) is 70.0 cm³/mol. The van der Waals surface area contributed by atoms with Crippen molar-refractivity contribution < 1.29 is 14.4 Å². The lowest BCUT2D eigenvalue weighted by Crippen LogP contribution is -2.48. The smallest absolute Gasteiger partial charge is 0.318 e. The van der Waals surface area contributed by atoms with E-state index in [0.717, 1.165) is 0 Å². The Morgan fingerprint density at radius 1 is 1.26 bits per heavy atom. The average Bonchev–Trinajstić information content (AvgIpc) is 2.36. The van der Waals surface area contributed by atoms with Crippen molar-refractivity contribution in [1.29, 1.82) is 0 Å². The molecule has 0 spiro atoms. The van der Waals surface area contributed by atoms with E-state index < -0.39 is 11.3 Å². The van der Waals surface area contributed by atoms with Crippen LogP contribution in [0.1, 0.15) is 29.8 Å². The lowest BCUT2D eigenvalue weighted by Gasteiger charge is -2.30. The van der Waals surface area contributed by atoms with E-state index in [2.05, 4.69) is 16.0 Å². The molecule has 0 aromatic heterocycles. The first kappa shape index (κ1) is 13.1. The summed E-state index contributed by atoms with van der Waals surface area (Å²) >= 11 is 0. The van der Waals surface area contributed by atoms with Gasteiger partial charge in [0.15, 0.2) is 0 Å². The van der Waals surface area contributed by atoms with Crippen LogP contribution in [0.3, 0.4) is 0 Å². The maximum atomic E-state index is 11.8. The number of rotatable bonds is 1. The van der Waals surface area contributed by atoms with Crippen molar-refractivity contribution in [2.24, 2.45) is 0 Å². The third kappa shape index (κ3) is 2.16. The zero-order chi connectivity index (χ0) is 14.2. The SMILES string of the molecule is CNC(=O)Nc1ccc2c(c1)C(=O)NC(=O)C2(C)C. The highest BCUT2D eigenvalue weighted by molar-refractivity contribution is 6.13. The van der Waals surface area contributed by atoms with Crippen LogP contribution in [0.4, 0.5) is 10.5 Å². The monoisotopic (exact) mass is 261 g/mol. The van der Waals surface area contributed by atoms with Crippen LogP contribution in [-0.4, -0.2) is 24.9 Å². The number of carbonyl (C=O) groups is 3. The van der Waals surface area contributed by atoms with Gasteiger partial charge in [-0.05, 0) is 31.5 Å². The molecule has 6 nitrogen and oxygen atoms in total. The van der Waals surface area contributed by atoms with Crippen LogP contribution in [0.2, 0.25) is 0 Å². The van der Waals surface area contributed by atoms with Crippen molar-refractivity contribution in [3.63, 3.8) is 0 Å². The number of urea groups is 1. The van der Waals surface area contributed by atoms with Gasteiger partial charge in [0, 0.05) is 18.3 Å². The molecule has 0 bridgehead atoms. The summed E-state index contributed by atoms with van der Waals surface area (Å²) in [6.07, 6.45) is 0. The first-order valence-corrected chi connectivity index (χ1v) is 5.85. The summed E-state index contributed by atoms with van der Waals surface area (Å²) in [5.41, 5.74) is 0.787. The predicted octanol–water partition coefficient (Wildman–Crippen LogP) is 0.985. The molecule has 100 valence electrons. The molecule has 0 saturated carbocycles. The first-order valence-electron chi connectivity index (χ1n) is 5.85. The average molecular weight is 261 g/mol. The standard InChI is InChI=1S/C13H15N3O3/c1-13(2)9-5-4-7(15-12(19)14-3)6-8(9)10(17)16-11(13)18/h4-6H,1-3H3,(H2,14,15,19)(H,16,17,18). The summed E-state index contributed by atoms with van der Waals surface area (Å²) in [5.74, 6) is -0.767. The van der Waals surface area contributed by atoms with Crippen molar-refractivity contribution >= 4 is 23.5 Å². The molecule has 4 amide bonds. The van der Waals surface area contributed by atoms with Crippen LogP contribution in [0.25, 0.3) is 0 Å². The molecule has 1 heterocycles. The summed E-state index contributed by atoms with van der Waals surface area (Å²) in [7, 11) is 1.50. The quantitative estimate of drug-likeness (QED) is 0.659. The van der Waals surface area contributed by atoms with Crippen LogP contribution in [0.15, 0.2) is 18.2 Å². The molecule has 0 radical (unpaired) electrons. The molecule has 0 aliphatic carbocycles. The fraction of sp³-hybridized carbons (Fsp3) is 0.308. The summed E-state index contributed by atoms with van der Waals surface area (Å²) in [4.78, 5) is 34.9. The van der Waals surface area contributed by atoms with Gasteiger partial charge in [0.25, 0.3) is 5.91 Å². The fourth-order valence-corrected chi connectivity index (χ4v) is 2.00. The van der Waals surface area contributed by atoms with Crippen molar-refractivity contribution in [3.05, 3.63) is 29.3 Å². The van der Waals surface area contributed by atoms with E-state index in [1.807, 2.05) is 0 Å². The summed E-state index contributed by atoms with van der Waals surface area (Å²) in [6.45, 7) is 3.50. The Morgan fingerprint density at radius 3 is 2.58 bits per heavy atom. The van der Waals surface area contributed by atoms with Gasteiger partial charge in [-0.1, -0.05) is 6.07 Å². The van der Waals surface area contributed by atoms with Crippen molar-refractivity contribution in [3.8, 4) is 0 Å². The molecule has 1 aliphatic rings. The minimum atomic E-state index is -0.769. The highest BCUT2D eigenvalue weighted by atomic mass is 16.2. The molecule has 0 unspecified atom stereocenters. The summed E-state index contributed by atoms with van der Waals surface area (Å²) < 4.78 is 0. The fourth-order valence-electron chi connectivity index (χ4n) is 2.00. The highest BCUT2D eigenvalue weighted by Gasteiger charge is 2.39. The Bertz CT molecular complexity index is 578. The second-order valence-electron chi connectivity index (χ2n) is 4.87. The van der Waals surface area contributed by atoms with Gasteiger partial charge in [-0.3, -0.25) is 14.9 Å². The van der Waals surface area contributed by atoms with Crippen molar-refractivity contribution in [1.82, 2.24) is 10.6 Å².